The Morgan fingerprint density at radius 2 is 2.00 bits per heavy atom. The van der Waals surface area contributed by atoms with E-state index in [1.54, 1.807) is 6.92 Å². The standard InChI is InChI=1S/C26H29BrO7/c1-13-9-24-12-25(13,32)8-7-17(24)26-10-16(28)20(29)23(2,22(31)34-26)19(26)18(24)21(30)33-11-14-3-5-15(27)6-4-14/h3-6,16-20,28-29,32H,1,7-12H2,2H3/t16-,17+,18+,19+,20-,23-,24-,25-,26+/m0/s1. The first-order chi connectivity index (χ1) is 16.0. The molecule has 1 aromatic rings. The lowest BCUT2D eigenvalue weighted by molar-refractivity contribution is -0.169. The molecule has 1 spiro atoms. The first-order valence-corrected chi connectivity index (χ1v) is 12.7. The van der Waals surface area contributed by atoms with Crippen molar-refractivity contribution in [1.82, 2.24) is 0 Å². The number of carbonyl (C=O) groups excluding carboxylic acids is 2. The first-order valence-electron chi connectivity index (χ1n) is 11.9. The van der Waals surface area contributed by atoms with Crippen molar-refractivity contribution in [3.8, 4) is 0 Å². The Bertz CT molecular complexity index is 1100. The summed E-state index contributed by atoms with van der Waals surface area (Å²) in [5.74, 6) is -2.67. The van der Waals surface area contributed by atoms with Crippen LogP contribution in [0.3, 0.4) is 0 Å². The Morgan fingerprint density at radius 3 is 2.71 bits per heavy atom. The summed E-state index contributed by atoms with van der Waals surface area (Å²) < 4.78 is 12.9. The van der Waals surface area contributed by atoms with Crippen LogP contribution in [0.2, 0.25) is 0 Å². The van der Waals surface area contributed by atoms with Gasteiger partial charge in [0.15, 0.2) is 0 Å². The van der Waals surface area contributed by atoms with Gasteiger partial charge in [-0.3, -0.25) is 9.59 Å². The molecule has 7 nitrogen and oxygen atoms in total. The number of hydrogen-bond acceptors (Lipinski definition) is 7. The van der Waals surface area contributed by atoms with E-state index in [9.17, 15) is 24.9 Å². The SMILES string of the molecule is C=C1C[C@]23C[C@@]1(O)CC[C@H]2[C@@]12C[C@H](O)[C@H](O)[C@@](C)(C(=O)O1)[C@H]2[C@@H]3C(=O)OCc1ccc(Br)cc1. The molecule has 1 heterocycles. The summed E-state index contributed by atoms with van der Waals surface area (Å²) in [4.78, 5) is 27.1. The van der Waals surface area contributed by atoms with E-state index >= 15 is 0 Å². The maximum Gasteiger partial charge on any atom is 0.315 e. The van der Waals surface area contributed by atoms with Crippen molar-refractivity contribution in [2.24, 2.45) is 28.6 Å². The Hall–Kier alpha value is -1.74. The first kappa shape index (κ1) is 22.7. The highest BCUT2D eigenvalue weighted by atomic mass is 79.9. The number of aliphatic hydroxyl groups excluding tert-OH is 2. The summed E-state index contributed by atoms with van der Waals surface area (Å²) in [7, 11) is 0. The summed E-state index contributed by atoms with van der Waals surface area (Å²) in [6.07, 6.45) is -0.595. The van der Waals surface area contributed by atoms with Crippen molar-refractivity contribution in [2.75, 3.05) is 0 Å². The summed E-state index contributed by atoms with van der Waals surface area (Å²) in [5, 5.41) is 33.1. The fraction of sp³-hybridized carbons (Fsp3) is 0.615. The number of benzene rings is 1. The number of hydrogen-bond donors (Lipinski definition) is 3. The van der Waals surface area contributed by atoms with Gasteiger partial charge in [0.1, 0.15) is 17.6 Å². The van der Waals surface area contributed by atoms with Gasteiger partial charge in [-0.15, -0.1) is 0 Å². The highest BCUT2D eigenvalue weighted by Gasteiger charge is 2.85. The van der Waals surface area contributed by atoms with Gasteiger partial charge in [-0.05, 0) is 61.3 Å². The van der Waals surface area contributed by atoms with Gasteiger partial charge < -0.3 is 24.8 Å². The van der Waals surface area contributed by atoms with Crippen LogP contribution in [0.1, 0.15) is 44.6 Å². The molecule has 9 atom stereocenters. The highest BCUT2D eigenvalue weighted by Crippen LogP contribution is 2.78. The minimum absolute atomic E-state index is 0.0744. The maximum absolute atomic E-state index is 13.9. The van der Waals surface area contributed by atoms with E-state index < -0.39 is 58.0 Å². The van der Waals surface area contributed by atoms with Crippen LogP contribution >= 0.6 is 15.9 Å². The number of carbonyl (C=O) groups is 2. The maximum atomic E-state index is 13.9. The zero-order valence-corrected chi connectivity index (χ0v) is 20.6. The third kappa shape index (κ3) is 2.58. The lowest BCUT2D eigenvalue weighted by atomic mass is 9.58. The zero-order valence-electron chi connectivity index (χ0n) is 19.0. The molecule has 8 heteroatoms. The van der Waals surface area contributed by atoms with E-state index in [0.717, 1.165) is 10.0 Å². The molecule has 6 rings (SSSR count). The van der Waals surface area contributed by atoms with Gasteiger partial charge in [0.25, 0.3) is 0 Å². The van der Waals surface area contributed by atoms with Crippen molar-refractivity contribution in [2.45, 2.75) is 69.0 Å². The largest absolute Gasteiger partial charge is 0.461 e. The quantitative estimate of drug-likeness (QED) is 0.405. The van der Waals surface area contributed by atoms with Gasteiger partial charge >= 0.3 is 11.9 Å². The van der Waals surface area contributed by atoms with Gasteiger partial charge in [0.05, 0.1) is 23.7 Å². The Kier molecular flexibility index (Phi) is 4.63. The normalized spacial score (nSPS) is 48.3. The molecule has 0 unspecified atom stereocenters. The third-order valence-electron chi connectivity index (χ3n) is 9.86. The predicted octanol–water partition coefficient (Wildman–Crippen LogP) is 2.64. The van der Waals surface area contributed by atoms with Crippen molar-refractivity contribution in [1.29, 1.82) is 0 Å². The van der Waals surface area contributed by atoms with Crippen LogP contribution in [-0.2, 0) is 25.7 Å². The summed E-state index contributed by atoms with van der Waals surface area (Å²) >= 11 is 3.40. The molecule has 4 saturated carbocycles. The van der Waals surface area contributed by atoms with Crippen molar-refractivity contribution < 1.29 is 34.4 Å². The summed E-state index contributed by atoms with van der Waals surface area (Å²) in [5.41, 5.74) is -2.74. The molecule has 34 heavy (non-hydrogen) atoms. The van der Waals surface area contributed by atoms with Crippen LogP contribution in [-0.4, -0.2) is 50.7 Å². The fourth-order valence-electron chi connectivity index (χ4n) is 8.52. The van der Waals surface area contributed by atoms with E-state index in [0.29, 0.717) is 31.3 Å². The zero-order chi connectivity index (χ0) is 24.3. The topological polar surface area (TPSA) is 113 Å². The molecule has 0 radical (unpaired) electrons. The molecule has 5 fully saturated rings. The van der Waals surface area contributed by atoms with Gasteiger partial charge in [-0.2, -0.15) is 0 Å². The molecular weight excluding hydrogens is 504 g/mol. The van der Waals surface area contributed by atoms with Crippen molar-refractivity contribution >= 4 is 27.9 Å². The summed E-state index contributed by atoms with van der Waals surface area (Å²) in [6.45, 7) is 5.82. The van der Waals surface area contributed by atoms with Gasteiger partial charge in [0, 0.05) is 22.7 Å². The van der Waals surface area contributed by atoms with Gasteiger partial charge in [-0.1, -0.05) is 34.6 Å². The molecular formula is C26H29BrO7. The van der Waals surface area contributed by atoms with Gasteiger partial charge in [-0.25, -0.2) is 0 Å². The number of ether oxygens (including phenoxy) is 2. The monoisotopic (exact) mass is 532 g/mol. The van der Waals surface area contributed by atoms with E-state index in [1.165, 1.54) is 0 Å². The smallest absolute Gasteiger partial charge is 0.315 e. The molecule has 182 valence electrons. The third-order valence-corrected chi connectivity index (χ3v) is 10.4. The molecule has 5 aliphatic rings. The molecule has 4 bridgehead atoms. The average molecular weight is 533 g/mol. The van der Waals surface area contributed by atoms with E-state index in [2.05, 4.69) is 22.5 Å². The molecule has 0 amide bonds. The number of fused-ring (bicyclic) bond motifs is 1. The number of esters is 2. The number of rotatable bonds is 3. The van der Waals surface area contributed by atoms with Crippen LogP contribution < -0.4 is 0 Å². The van der Waals surface area contributed by atoms with Crippen LogP contribution in [0.25, 0.3) is 0 Å². The fourth-order valence-corrected chi connectivity index (χ4v) is 8.79. The highest BCUT2D eigenvalue weighted by molar-refractivity contribution is 9.10. The molecule has 1 aliphatic heterocycles. The number of halogens is 1. The summed E-state index contributed by atoms with van der Waals surface area (Å²) in [6, 6.07) is 7.47. The lowest BCUT2D eigenvalue weighted by Gasteiger charge is -2.47. The molecule has 1 aromatic carbocycles. The lowest BCUT2D eigenvalue weighted by Crippen LogP contribution is -2.59. The van der Waals surface area contributed by atoms with E-state index in [-0.39, 0.29) is 18.9 Å². The molecule has 3 N–H and O–H groups in total. The predicted molar refractivity (Wildman–Crippen MR) is 123 cm³/mol. The minimum Gasteiger partial charge on any atom is -0.461 e. The second kappa shape index (κ2) is 6.93. The second-order valence-electron chi connectivity index (χ2n) is 11.3. The van der Waals surface area contributed by atoms with Crippen LogP contribution in [0, 0.1) is 28.6 Å². The molecule has 4 aliphatic carbocycles. The Balaban J connectivity index is 1.45. The van der Waals surface area contributed by atoms with Crippen LogP contribution in [0.4, 0.5) is 0 Å². The minimum atomic E-state index is -1.44. The van der Waals surface area contributed by atoms with Crippen LogP contribution in [0.15, 0.2) is 40.9 Å². The average Bonchev–Trinajstić information content (AvgIpc) is 3.21. The van der Waals surface area contributed by atoms with Crippen molar-refractivity contribution in [3.05, 3.63) is 46.5 Å². The van der Waals surface area contributed by atoms with Gasteiger partial charge in [0.2, 0.25) is 0 Å². The van der Waals surface area contributed by atoms with Crippen molar-refractivity contribution in [3.63, 3.8) is 0 Å². The van der Waals surface area contributed by atoms with E-state index in [4.69, 9.17) is 9.47 Å². The Morgan fingerprint density at radius 1 is 1.29 bits per heavy atom. The molecule has 1 saturated heterocycles. The number of aliphatic hydroxyl groups is 3. The van der Waals surface area contributed by atoms with Crippen LogP contribution in [0.5, 0.6) is 0 Å². The second-order valence-corrected chi connectivity index (χ2v) is 12.3. The molecule has 0 aromatic heterocycles. The van der Waals surface area contributed by atoms with E-state index in [1.807, 2.05) is 24.3 Å². The Labute approximate surface area is 206 Å².